The zero-order valence-electron chi connectivity index (χ0n) is 5.01. The number of nitrogens with two attached hydrogens (primary N) is 2. The zero-order valence-corrected chi connectivity index (χ0v) is 5.01. The Bertz CT molecular complexity index is 47.7. The lowest BCUT2D eigenvalue weighted by Crippen LogP contribution is -2.29. The van der Waals surface area contributed by atoms with Crippen LogP contribution in [0.1, 0.15) is 19.3 Å². The Hall–Kier alpha value is -0.120. The molecule has 0 saturated heterocycles. The summed E-state index contributed by atoms with van der Waals surface area (Å²) in [5, 5.41) is 8.30. The quantitative estimate of drug-likeness (QED) is 0.340. The van der Waals surface area contributed by atoms with Gasteiger partial charge in [0.15, 0.2) is 0 Å². The summed E-state index contributed by atoms with van der Waals surface area (Å²) in [6.07, 6.45) is 2.33. The van der Waals surface area contributed by atoms with Crippen molar-refractivity contribution < 1.29 is 5.11 Å². The minimum absolute atomic E-state index is 0.207. The van der Waals surface area contributed by atoms with Crippen molar-refractivity contribution in [2.75, 3.05) is 6.61 Å². The lowest BCUT2D eigenvalue weighted by Gasteiger charge is -2.01. The Labute approximate surface area is 49.7 Å². The molecule has 3 nitrogen and oxygen atoms in total. The molecule has 0 aromatic heterocycles. The van der Waals surface area contributed by atoms with Crippen LogP contribution in [0.2, 0.25) is 0 Å². The van der Waals surface area contributed by atoms with Crippen molar-refractivity contribution in [2.45, 2.75) is 25.4 Å². The van der Waals surface area contributed by atoms with Crippen molar-refractivity contribution in [1.82, 2.24) is 0 Å². The monoisotopic (exact) mass is 118 g/mol. The maximum absolute atomic E-state index is 8.30. The fourth-order valence-electron chi connectivity index (χ4n) is 0.492. The van der Waals surface area contributed by atoms with Crippen LogP contribution in [0.3, 0.4) is 0 Å². The Kier molecular flexibility index (Phi) is 4.95. The molecule has 0 aliphatic carbocycles. The largest absolute Gasteiger partial charge is 0.396 e. The molecule has 0 saturated carbocycles. The summed E-state index contributed by atoms with van der Waals surface area (Å²) < 4.78 is 0. The standard InChI is InChI=1S/C5H14N2O/c6-5(7)3-1-2-4-8/h5,8H,1-4,6-7H2. The summed E-state index contributed by atoms with van der Waals surface area (Å²) in [7, 11) is 0. The highest BCUT2D eigenvalue weighted by molar-refractivity contribution is 4.49. The molecule has 8 heavy (non-hydrogen) atoms. The summed E-state index contributed by atoms with van der Waals surface area (Å²) >= 11 is 0. The molecule has 0 amide bonds. The SMILES string of the molecule is NC(N)CCCCO. The van der Waals surface area contributed by atoms with Crippen molar-refractivity contribution in [2.24, 2.45) is 11.5 Å². The lowest BCUT2D eigenvalue weighted by molar-refractivity contribution is 0.281. The second kappa shape index (κ2) is 5.03. The molecule has 0 aromatic rings. The van der Waals surface area contributed by atoms with Crippen molar-refractivity contribution in [3.8, 4) is 0 Å². The number of hydrogen-bond acceptors (Lipinski definition) is 3. The first-order chi connectivity index (χ1) is 3.77. The summed E-state index contributed by atoms with van der Waals surface area (Å²) in [5.41, 5.74) is 10.5. The van der Waals surface area contributed by atoms with Crippen molar-refractivity contribution in [3.05, 3.63) is 0 Å². The van der Waals surface area contributed by atoms with Gasteiger partial charge in [-0.2, -0.15) is 0 Å². The van der Waals surface area contributed by atoms with E-state index in [0.29, 0.717) is 0 Å². The van der Waals surface area contributed by atoms with E-state index in [2.05, 4.69) is 0 Å². The number of rotatable bonds is 4. The van der Waals surface area contributed by atoms with Crippen LogP contribution in [0.5, 0.6) is 0 Å². The second-order valence-corrected chi connectivity index (χ2v) is 1.88. The van der Waals surface area contributed by atoms with Gasteiger partial charge >= 0.3 is 0 Å². The molecule has 0 spiro atoms. The van der Waals surface area contributed by atoms with Gasteiger partial charge in [-0.15, -0.1) is 0 Å². The first kappa shape index (κ1) is 7.88. The Balaban J connectivity index is 2.72. The Morgan fingerprint density at radius 2 is 1.88 bits per heavy atom. The molecule has 5 N–H and O–H groups in total. The fraction of sp³-hybridized carbons (Fsp3) is 1.00. The van der Waals surface area contributed by atoms with Crippen molar-refractivity contribution >= 4 is 0 Å². The van der Waals surface area contributed by atoms with Crippen molar-refractivity contribution in [1.29, 1.82) is 0 Å². The maximum atomic E-state index is 8.30. The van der Waals surface area contributed by atoms with Gasteiger partial charge in [0.2, 0.25) is 0 Å². The van der Waals surface area contributed by atoms with Gasteiger partial charge in [-0.05, 0) is 19.3 Å². The summed E-state index contributed by atoms with van der Waals surface area (Å²) in [4.78, 5) is 0. The summed E-state index contributed by atoms with van der Waals surface area (Å²) in [5.74, 6) is 0. The van der Waals surface area contributed by atoms with E-state index < -0.39 is 0 Å². The van der Waals surface area contributed by atoms with Crippen LogP contribution < -0.4 is 11.5 Å². The van der Waals surface area contributed by atoms with Crippen LogP contribution in [0, 0.1) is 0 Å². The Morgan fingerprint density at radius 3 is 2.25 bits per heavy atom. The van der Waals surface area contributed by atoms with Gasteiger partial charge in [0, 0.05) is 6.61 Å². The zero-order chi connectivity index (χ0) is 6.41. The minimum atomic E-state index is -0.207. The average molecular weight is 118 g/mol. The molecule has 0 aromatic carbocycles. The van der Waals surface area contributed by atoms with Gasteiger partial charge in [-0.25, -0.2) is 0 Å². The molecular weight excluding hydrogens is 104 g/mol. The third-order valence-electron chi connectivity index (χ3n) is 0.946. The van der Waals surface area contributed by atoms with Crippen LogP contribution in [0.4, 0.5) is 0 Å². The molecule has 0 unspecified atom stereocenters. The first-order valence-corrected chi connectivity index (χ1v) is 2.89. The highest BCUT2D eigenvalue weighted by Gasteiger charge is 1.91. The van der Waals surface area contributed by atoms with E-state index in [-0.39, 0.29) is 12.8 Å². The van der Waals surface area contributed by atoms with E-state index in [1.54, 1.807) is 0 Å². The van der Waals surface area contributed by atoms with Gasteiger partial charge < -0.3 is 16.6 Å². The molecular formula is C5H14N2O. The van der Waals surface area contributed by atoms with Gasteiger partial charge in [0.1, 0.15) is 0 Å². The van der Waals surface area contributed by atoms with E-state index >= 15 is 0 Å². The van der Waals surface area contributed by atoms with Crippen LogP contribution in [0.25, 0.3) is 0 Å². The molecule has 3 heteroatoms. The van der Waals surface area contributed by atoms with Crippen LogP contribution in [0.15, 0.2) is 0 Å². The fourth-order valence-corrected chi connectivity index (χ4v) is 0.492. The van der Waals surface area contributed by atoms with Crippen LogP contribution in [-0.4, -0.2) is 17.9 Å². The number of hydrogen-bond donors (Lipinski definition) is 3. The van der Waals surface area contributed by atoms with Gasteiger partial charge in [-0.3, -0.25) is 0 Å². The molecule has 0 heterocycles. The second-order valence-electron chi connectivity index (χ2n) is 1.88. The first-order valence-electron chi connectivity index (χ1n) is 2.89. The number of aliphatic hydroxyl groups excluding tert-OH is 1. The molecule has 50 valence electrons. The highest BCUT2D eigenvalue weighted by atomic mass is 16.2. The topological polar surface area (TPSA) is 72.3 Å². The number of aliphatic hydroxyl groups is 1. The number of unbranched alkanes of at least 4 members (excludes halogenated alkanes) is 1. The smallest absolute Gasteiger partial charge is 0.0520 e. The molecule has 0 bridgehead atoms. The molecule has 0 fully saturated rings. The lowest BCUT2D eigenvalue weighted by atomic mass is 10.2. The van der Waals surface area contributed by atoms with E-state index in [4.69, 9.17) is 16.6 Å². The highest BCUT2D eigenvalue weighted by Crippen LogP contribution is 1.92. The predicted octanol–water partition coefficient (Wildman–Crippen LogP) is -0.608. The normalized spacial score (nSPS) is 10.5. The van der Waals surface area contributed by atoms with Crippen LogP contribution >= 0.6 is 0 Å². The average Bonchev–Trinajstić information content (AvgIpc) is 1.66. The third kappa shape index (κ3) is 5.88. The van der Waals surface area contributed by atoms with Crippen molar-refractivity contribution in [3.63, 3.8) is 0 Å². The van der Waals surface area contributed by atoms with Crippen LogP contribution in [-0.2, 0) is 0 Å². The van der Waals surface area contributed by atoms with Gasteiger partial charge in [0.25, 0.3) is 0 Å². The molecule has 0 rings (SSSR count). The predicted molar refractivity (Wildman–Crippen MR) is 33.1 cm³/mol. The Morgan fingerprint density at radius 1 is 1.25 bits per heavy atom. The van der Waals surface area contributed by atoms with Gasteiger partial charge in [-0.1, -0.05) is 0 Å². The van der Waals surface area contributed by atoms with E-state index in [1.165, 1.54) is 0 Å². The van der Waals surface area contributed by atoms with Gasteiger partial charge in [0.05, 0.1) is 6.17 Å². The molecule has 0 radical (unpaired) electrons. The third-order valence-corrected chi connectivity index (χ3v) is 0.946. The van der Waals surface area contributed by atoms with E-state index in [9.17, 15) is 0 Å². The van der Waals surface area contributed by atoms with E-state index in [0.717, 1.165) is 19.3 Å². The molecule has 0 aliphatic rings. The summed E-state index contributed by atoms with van der Waals surface area (Å²) in [6, 6.07) is 0. The maximum Gasteiger partial charge on any atom is 0.0520 e. The molecule has 0 atom stereocenters. The summed E-state index contributed by atoms with van der Waals surface area (Å²) in [6.45, 7) is 0.243. The molecule has 0 aliphatic heterocycles. The minimum Gasteiger partial charge on any atom is -0.396 e. The van der Waals surface area contributed by atoms with E-state index in [1.807, 2.05) is 0 Å².